The van der Waals surface area contributed by atoms with E-state index in [2.05, 4.69) is 10.6 Å². The number of amides is 3. The van der Waals surface area contributed by atoms with Crippen LogP contribution in [0.15, 0.2) is 18.2 Å². The topological polar surface area (TPSA) is 61.4 Å². The van der Waals surface area contributed by atoms with Gasteiger partial charge in [-0.25, -0.2) is 13.6 Å². The Bertz CT molecular complexity index is 585. The predicted molar refractivity (Wildman–Crippen MR) is 83.8 cm³/mol. The number of carbonyl (C=O) groups excluding carboxylic acids is 2. The maximum atomic E-state index is 13.2. The molecule has 2 N–H and O–H groups in total. The first-order valence-corrected chi connectivity index (χ1v) is 7.27. The van der Waals surface area contributed by atoms with Gasteiger partial charge in [0, 0.05) is 12.6 Å². The van der Waals surface area contributed by atoms with E-state index in [0.29, 0.717) is 5.56 Å². The lowest BCUT2D eigenvalue weighted by Crippen LogP contribution is -2.48. The summed E-state index contributed by atoms with van der Waals surface area (Å²) in [4.78, 5) is 25.1. The minimum absolute atomic E-state index is 0.104. The molecule has 3 amide bonds. The van der Waals surface area contributed by atoms with E-state index >= 15 is 0 Å². The molecule has 0 aliphatic rings. The van der Waals surface area contributed by atoms with Crippen LogP contribution in [0, 0.1) is 11.6 Å². The summed E-state index contributed by atoms with van der Waals surface area (Å²) in [5.41, 5.74) is 0.0534. The maximum absolute atomic E-state index is 13.2. The van der Waals surface area contributed by atoms with Crippen LogP contribution >= 0.6 is 0 Å². The third kappa shape index (κ3) is 6.22. The molecule has 0 aromatic heterocycles. The van der Waals surface area contributed by atoms with E-state index in [1.807, 2.05) is 20.8 Å². The highest BCUT2D eigenvalue weighted by molar-refractivity contribution is 5.84. The first-order valence-electron chi connectivity index (χ1n) is 7.27. The third-order valence-corrected chi connectivity index (χ3v) is 3.03. The second-order valence-corrected chi connectivity index (χ2v) is 6.50. The zero-order valence-corrected chi connectivity index (χ0v) is 14.0. The molecule has 0 fully saturated rings. The second-order valence-electron chi connectivity index (χ2n) is 6.50. The summed E-state index contributed by atoms with van der Waals surface area (Å²) < 4.78 is 26.1. The molecule has 1 aromatic rings. The largest absolute Gasteiger partial charge is 0.350 e. The van der Waals surface area contributed by atoms with Crippen LogP contribution in [0.1, 0.15) is 39.3 Å². The number of hydrogen-bond acceptors (Lipinski definition) is 2. The van der Waals surface area contributed by atoms with Crippen molar-refractivity contribution in [2.75, 3.05) is 13.6 Å². The molecule has 0 saturated carbocycles. The Labute approximate surface area is 135 Å². The number of hydrogen-bond donors (Lipinski definition) is 2. The van der Waals surface area contributed by atoms with E-state index in [-0.39, 0.29) is 18.0 Å². The van der Waals surface area contributed by atoms with E-state index in [0.717, 1.165) is 12.1 Å². The van der Waals surface area contributed by atoms with Crippen molar-refractivity contribution in [3.63, 3.8) is 0 Å². The summed E-state index contributed by atoms with van der Waals surface area (Å²) in [7, 11) is 1.48. The molecule has 0 bridgehead atoms. The van der Waals surface area contributed by atoms with Crippen LogP contribution in [-0.4, -0.2) is 36.0 Å². The number of urea groups is 1. The van der Waals surface area contributed by atoms with Gasteiger partial charge in [0.15, 0.2) is 11.6 Å². The standard InChI is InChI=1S/C16H23F2N3O2/c1-10(11-6-7-12(17)13(18)8-11)19-15(23)21(5)9-14(22)20-16(2,3)4/h6-8,10H,9H2,1-5H3,(H,19,23)(H,20,22). The van der Waals surface area contributed by atoms with Crippen LogP contribution in [0.2, 0.25) is 0 Å². The molecule has 1 unspecified atom stereocenters. The van der Waals surface area contributed by atoms with Crippen LogP contribution < -0.4 is 10.6 Å². The molecule has 0 saturated heterocycles. The van der Waals surface area contributed by atoms with Gasteiger partial charge in [-0.05, 0) is 45.4 Å². The number of carbonyl (C=O) groups is 2. The minimum atomic E-state index is -0.971. The number of benzene rings is 1. The highest BCUT2D eigenvalue weighted by atomic mass is 19.2. The molecule has 0 radical (unpaired) electrons. The molecule has 1 atom stereocenters. The molecule has 0 aliphatic heterocycles. The summed E-state index contributed by atoms with van der Waals surface area (Å²) in [6, 6.07) is 2.44. The second kappa shape index (κ2) is 7.39. The van der Waals surface area contributed by atoms with E-state index < -0.39 is 23.7 Å². The lowest BCUT2D eigenvalue weighted by molar-refractivity contribution is -0.122. The number of nitrogens with one attached hydrogen (secondary N) is 2. The SMILES string of the molecule is CC(NC(=O)N(C)CC(=O)NC(C)(C)C)c1ccc(F)c(F)c1. The molecular formula is C16H23F2N3O2. The van der Waals surface area contributed by atoms with E-state index in [9.17, 15) is 18.4 Å². The predicted octanol–water partition coefficient (Wildman–Crippen LogP) is 2.58. The van der Waals surface area contributed by atoms with Crippen molar-refractivity contribution < 1.29 is 18.4 Å². The molecule has 1 rings (SSSR count). The number of rotatable bonds is 4. The first kappa shape index (κ1) is 18.9. The van der Waals surface area contributed by atoms with Crippen molar-refractivity contribution in [2.45, 2.75) is 39.3 Å². The Hall–Kier alpha value is -2.18. The average molecular weight is 327 g/mol. The van der Waals surface area contributed by atoms with Crippen LogP contribution in [0.5, 0.6) is 0 Å². The highest BCUT2D eigenvalue weighted by Crippen LogP contribution is 2.16. The molecule has 0 heterocycles. The summed E-state index contributed by atoms with van der Waals surface area (Å²) in [5.74, 6) is -2.19. The fraction of sp³-hybridized carbons (Fsp3) is 0.500. The van der Waals surface area contributed by atoms with Crippen molar-refractivity contribution in [1.82, 2.24) is 15.5 Å². The van der Waals surface area contributed by atoms with Gasteiger partial charge in [0.25, 0.3) is 0 Å². The van der Waals surface area contributed by atoms with Crippen LogP contribution in [0.25, 0.3) is 0 Å². The van der Waals surface area contributed by atoms with Gasteiger partial charge in [-0.3, -0.25) is 4.79 Å². The van der Waals surface area contributed by atoms with Gasteiger partial charge in [-0.15, -0.1) is 0 Å². The quantitative estimate of drug-likeness (QED) is 0.893. The summed E-state index contributed by atoms with van der Waals surface area (Å²) >= 11 is 0. The summed E-state index contributed by atoms with van der Waals surface area (Å²) in [5, 5.41) is 5.38. The molecule has 128 valence electrons. The Kier molecular flexibility index (Phi) is 6.06. The minimum Gasteiger partial charge on any atom is -0.350 e. The van der Waals surface area contributed by atoms with Gasteiger partial charge in [0.05, 0.1) is 6.04 Å². The average Bonchev–Trinajstić information content (AvgIpc) is 2.39. The lowest BCUT2D eigenvalue weighted by atomic mass is 10.1. The smallest absolute Gasteiger partial charge is 0.318 e. The van der Waals surface area contributed by atoms with Crippen LogP contribution in [-0.2, 0) is 4.79 Å². The molecule has 23 heavy (non-hydrogen) atoms. The summed E-state index contributed by atoms with van der Waals surface area (Å²) in [6.07, 6.45) is 0. The molecule has 0 aliphatic carbocycles. The molecular weight excluding hydrogens is 304 g/mol. The van der Waals surface area contributed by atoms with Crippen LogP contribution in [0.3, 0.4) is 0 Å². The summed E-state index contributed by atoms with van der Waals surface area (Å²) in [6.45, 7) is 7.07. The fourth-order valence-corrected chi connectivity index (χ4v) is 1.91. The number of likely N-dealkylation sites (N-methyl/N-ethyl adjacent to an activating group) is 1. The van der Waals surface area contributed by atoms with E-state index in [4.69, 9.17) is 0 Å². The Morgan fingerprint density at radius 1 is 1.22 bits per heavy atom. The zero-order chi connectivity index (χ0) is 17.8. The molecule has 5 nitrogen and oxygen atoms in total. The van der Waals surface area contributed by atoms with Crippen molar-refractivity contribution in [3.05, 3.63) is 35.4 Å². The van der Waals surface area contributed by atoms with Gasteiger partial charge >= 0.3 is 6.03 Å². The lowest BCUT2D eigenvalue weighted by Gasteiger charge is -2.24. The Morgan fingerprint density at radius 2 is 1.83 bits per heavy atom. The van der Waals surface area contributed by atoms with Gasteiger partial charge in [0.2, 0.25) is 5.91 Å². The van der Waals surface area contributed by atoms with Crippen molar-refractivity contribution in [2.24, 2.45) is 0 Å². The van der Waals surface area contributed by atoms with E-state index in [1.54, 1.807) is 6.92 Å². The van der Waals surface area contributed by atoms with Gasteiger partial charge in [-0.1, -0.05) is 6.07 Å². The number of nitrogens with zero attached hydrogens (tertiary/aromatic N) is 1. The number of halogens is 2. The maximum Gasteiger partial charge on any atom is 0.318 e. The Balaban J connectivity index is 2.60. The van der Waals surface area contributed by atoms with Crippen molar-refractivity contribution in [3.8, 4) is 0 Å². The molecule has 0 spiro atoms. The highest BCUT2D eigenvalue weighted by Gasteiger charge is 2.19. The van der Waals surface area contributed by atoms with Gasteiger partial charge < -0.3 is 15.5 Å². The zero-order valence-electron chi connectivity index (χ0n) is 14.0. The molecule has 1 aromatic carbocycles. The van der Waals surface area contributed by atoms with Crippen molar-refractivity contribution >= 4 is 11.9 Å². The van der Waals surface area contributed by atoms with Crippen molar-refractivity contribution in [1.29, 1.82) is 0 Å². The Morgan fingerprint density at radius 3 is 2.35 bits per heavy atom. The molecule has 7 heteroatoms. The van der Waals surface area contributed by atoms with Crippen LogP contribution in [0.4, 0.5) is 13.6 Å². The van der Waals surface area contributed by atoms with Gasteiger partial charge in [-0.2, -0.15) is 0 Å². The normalized spacial score (nSPS) is 12.5. The fourth-order valence-electron chi connectivity index (χ4n) is 1.91. The third-order valence-electron chi connectivity index (χ3n) is 3.03. The first-order chi connectivity index (χ1) is 10.5. The monoisotopic (exact) mass is 327 g/mol. The van der Waals surface area contributed by atoms with Gasteiger partial charge in [0.1, 0.15) is 6.54 Å². The van der Waals surface area contributed by atoms with E-state index in [1.165, 1.54) is 18.0 Å².